The highest BCUT2D eigenvalue weighted by Crippen LogP contribution is 2.12. The standard InChI is InChI=1S/C15H25NO/c1-3-5-6-11-16-13-14-7-9-15(10-8-14)17-12-4-2/h7-10,16H,3-6,11-13H2,1-2H3. The molecular formula is C15H25NO. The van der Waals surface area contributed by atoms with Crippen LogP contribution in [0.2, 0.25) is 0 Å². The van der Waals surface area contributed by atoms with Crippen molar-refractivity contribution in [2.45, 2.75) is 46.1 Å². The number of unbranched alkanes of at least 4 members (excludes halogenated alkanes) is 2. The van der Waals surface area contributed by atoms with Crippen LogP contribution in [-0.4, -0.2) is 13.2 Å². The summed E-state index contributed by atoms with van der Waals surface area (Å²) in [7, 11) is 0. The summed E-state index contributed by atoms with van der Waals surface area (Å²) in [5.41, 5.74) is 1.32. The molecule has 0 amide bonds. The maximum absolute atomic E-state index is 5.55. The predicted octanol–water partition coefficient (Wildman–Crippen LogP) is 3.76. The minimum absolute atomic E-state index is 0.800. The van der Waals surface area contributed by atoms with Gasteiger partial charge in [0, 0.05) is 6.54 Å². The van der Waals surface area contributed by atoms with Gasteiger partial charge >= 0.3 is 0 Å². The van der Waals surface area contributed by atoms with Gasteiger partial charge in [-0.15, -0.1) is 0 Å². The second kappa shape index (κ2) is 9.06. The van der Waals surface area contributed by atoms with Crippen molar-refractivity contribution in [1.82, 2.24) is 5.32 Å². The molecule has 0 spiro atoms. The Morgan fingerprint density at radius 3 is 2.41 bits per heavy atom. The zero-order valence-corrected chi connectivity index (χ0v) is 11.2. The molecular weight excluding hydrogens is 210 g/mol. The van der Waals surface area contributed by atoms with Gasteiger partial charge in [0.25, 0.3) is 0 Å². The van der Waals surface area contributed by atoms with Gasteiger partial charge in [-0.3, -0.25) is 0 Å². The third-order valence-electron chi connectivity index (χ3n) is 2.68. The molecule has 1 aromatic rings. The fourth-order valence-corrected chi connectivity index (χ4v) is 1.66. The van der Waals surface area contributed by atoms with Crippen molar-refractivity contribution in [3.63, 3.8) is 0 Å². The Hall–Kier alpha value is -1.02. The molecule has 0 fully saturated rings. The summed E-state index contributed by atoms with van der Waals surface area (Å²) in [6, 6.07) is 8.38. The van der Waals surface area contributed by atoms with Crippen LogP contribution in [0, 0.1) is 0 Å². The molecule has 0 heterocycles. The van der Waals surface area contributed by atoms with Crippen LogP contribution in [0.15, 0.2) is 24.3 Å². The average molecular weight is 235 g/mol. The van der Waals surface area contributed by atoms with Gasteiger partial charge in [0.1, 0.15) is 5.75 Å². The molecule has 0 atom stereocenters. The zero-order valence-electron chi connectivity index (χ0n) is 11.2. The van der Waals surface area contributed by atoms with E-state index in [1.807, 2.05) is 0 Å². The summed E-state index contributed by atoms with van der Waals surface area (Å²) < 4.78 is 5.55. The normalized spacial score (nSPS) is 10.5. The van der Waals surface area contributed by atoms with Crippen LogP contribution in [0.1, 0.15) is 45.1 Å². The highest BCUT2D eigenvalue weighted by atomic mass is 16.5. The highest BCUT2D eigenvalue weighted by Gasteiger charge is 1.95. The quantitative estimate of drug-likeness (QED) is 0.658. The molecule has 0 radical (unpaired) electrons. The van der Waals surface area contributed by atoms with Gasteiger partial charge in [-0.25, -0.2) is 0 Å². The molecule has 0 aliphatic heterocycles. The van der Waals surface area contributed by atoms with Gasteiger partial charge in [-0.05, 0) is 37.1 Å². The van der Waals surface area contributed by atoms with E-state index < -0.39 is 0 Å². The van der Waals surface area contributed by atoms with E-state index in [1.54, 1.807) is 0 Å². The molecule has 2 nitrogen and oxygen atoms in total. The van der Waals surface area contributed by atoms with Gasteiger partial charge in [0.2, 0.25) is 0 Å². The van der Waals surface area contributed by atoms with Crippen molar-refractivity contribution in [2.24, 2.45) is 0 Å². The highest BCUT2D eigenvalue weighted by molar-refractivity contribution is 5.27. The number of hydrogen-bond donors (Lipinski definition) is 1. The van der Waals surface area contributed by atoms with Crippen LogP contribution < -0.4 is 10.1 Å². The van der Waals surface area contributed by atoms with Crippen LogP contribution in [0.5, 0.6) is 5.75 Å². The van der Waals surface area contributed by atoms with Crippen LogP contribution in [0.3, 0.4) is 0 Å². The van der Waals surface area contributed by atoms with Gasteiger partial charge in [0.15, 0.2) is 0 Å². The smallest absolute Gasteiger partial charge is 0.119 e. The number of nitrogens with one attached hydrogen (secondary N) is 1. The molecule has 1 N–H and O–H groups in total. The number of hydrogen-bond acceptors (Lipinski definition) is 2. The number of ether oxygens (including phenoxy) is 1. The maximum atomic E-state index is 5.55. The Morgan fingerprint density at radius 2 is 1.76 bits per heavy atom. The Morgan fingerprint density at radius 1 is 1.00 bits per heavy atom. The molecule has 17 heavy (non-hydrogen) atoms. The summed E-state index contributed by atoms with van der Waals surface area (Å²) in [5, 5.41) is 3.46. The first-order valence-electron chi connectivity index (χ1n) is 6.79. The molecule has 0 aliphatic carbocycles. The van der Waals surface area contributed by atoms with Crippen molar-refractivity contribution in [1.29, 1.82) is 0 Å². The molecule has 0 bridgehead atoms. The lowest BCUT2D eigenvalue weighted by atomic mass is 10.2. The minimum Gasteiger partial charge on any atom is -0.494 e. The zero-order chi connectivity index (χ0) is 12.3. The van der Waals surface area contributed by atoms with Gasteiger partial charge in [-0.2, -0.15) is 0 Å². The van der Waals surface area contributed by atoms with E-state index in [2.05, 4.69) is 43.4 Å². The fraction of sp³-hybridized carbons (Fsp3) is 0.600. The van der Waals surface area contributed by atoms with E-state index in [0.29, 0.717) is 0 Å². The first-order chi connectivity index (χ1) is 8.36. The summed E-state index contributed by atoms with van der Waals surface area (Å²) in [4.78, 5) is 0. The lowest BCUT2D eigenvalue weighted by Crippen LogP contribution is -2.14. The van der Waals surface area contributed by atoms with Crippen molar-refractivity contribution in [2.75, 3.05) is 13.2 Å². The van der Waals surface area contributed by atoms with Gasteiger partial charge in [-0.1, -0.05) is 38.8 Å². The van der Waals surface area contributed by atoms with Crippen LogP contribution >= 0.6 is 0 Å². The Labute approximate surface area is 105 Å². The topological polar surface area (TPSA) is 21.3 Å². The SMILES string of the molecule is CCCCCNCc1ccc(OCCC)cc1. The van der Waals surface area contributed by atoms with E-state index >= 15 is 0 Å². The monoisotopic (exact) mass is 235 g/mol. The lowest BCUT2D eigenvalue weighted by Gasteiger charge is -2.07. The Bertz CT molecular complexity index is 281. The summed E-state index contributed by atoms with van der Waals surface area (Å²) >= 11 is 0. The van der Waals surface area contributed by atoms with E-state index in [4.69, 9.17) is 4.74 Å². The van der Waals surface area contributed by atoms with Crippen molar-refractivity contribution in [3.8, 4) is 5.75 Å². The number of benzene rings is 1. The van der Waals surface area contributed by atoms with Crippen LogP contribution in [-0.2, 0) is 6.54 Å². The molecule has 1 aromatic carbocycles. The van der Waals surface area contributed by atoms with Crippen LogP contribution in [0.25, 0.3) is 0 Å². The largest absolute Gasteiger partial charge is 0.494 e. The average Bonchev–Trinajstić information content (AvgIpc) is 2.37. The second-order valence-corrected chi connectivity index (χ2v) is 4.38. The molecule has 2 heteroatoms. The first-order valence-corrected chi connectivity index (χ1v) is 6.79. The van der Waals surface area contributed by atoms with Crippen molar-refractivity contribution < 1.29 is 4.74 Å². The third-order valence-corrected chi connectivity index (χ3v) is 2.68. The van der Waals surface area contributed by atoms with Gasteiger partial charge < -0.3 is 10.1 Å². The third kappa shape index (κ3) is 6.32. The lowest BCUT2D eigenvalue weighted by molar-refractivity contribution is 0.317. The van der Waals surface area contributed by atoms with Crippen molar-refractivity contribution >= 4 is 0 Å². The van der Waals surface area contributed by atoms with E-state index in [-0.39, 0.29) is 0 Å². The van der Waals surface area contributed by atoms with E-state index in [9.17, 15) is 0 Å². The second-order valence-electron chi connectivity index (χ2n) is 4.38. The predicted molar refractivity (Wildman–Crippen MR) is 73.5 cm³/mol. The van der Waals surface area contributed by atoms with Crippen LogP contribution in [0.4, 0.5) is 0 Å². The van der Waals surface area contributed by atoms with E-state index in [0.717, 1.165) is 31.9 Å². The summed E-state index contributed by atoms with van der Waals surface area (Å²) in [6.45, 7) is 7.22. The van der Waals surface area contributed by atoms with E-state index in [1.165, 1.54) is 24.8 Å². The molecule has 0 saturated heterocycles. The minimum atomic E-state index is 0.800. The number of rotatable bonds is 9. The fourth-order valence-electron chi connectivity index (χ4n) is 1.66. The van der Waals surface area contributed by atoms with Gasteiger partial charge in [0.05, 0.1) is 6.61 Å². The Kier molecular flexibility index (Phi) is 7.48. The first kappa shape index (κ1) is 14.0. The molecule has 0 unspecified atom stereocenters. The van der Waals surface area contributed by atoms with Crippen molar-refractivity contribution in [3.05, 3.63) is 29.8 Å². The molecule has 0 saturated carbocycles. The summed E-state index contributed by atoms with van der Waals surface area (Å²) in [6.07, 6.45) is 4.93. The molecule has 0 aliphatic rings. The molecule has 0 aromatic heterocycles. The molecule has 96 valence electrons. The Balaban J connectivity index is 2.20. The molecule has 1 rings (SSSR count). The summed E-state index contributed by atoms with van der Waals surface area (Å²) in [5.74, 6) is 0.974. The maximum Gasteiger partial charge on any atom is 0.119 e.